The molecule has 0 N–H and O–H groups in total. The fraction of sp³-hybridized carbons (Fsp3) is 0. The van der Waals surface area contributed by atoms with Crippen molar-refractivity contribution in [3.63, 3.8) is 0 Å². The fourth-order valence-corrected chi connectivity index (χ4v) is 6.62. The molecule has 5 aromatic carbocycles. The first-order valence-corrected chi connectivity index (χ1v) is 15.5. The summed E-state index contributed by atoms with van der Waals surface area (Å²) in [4.78, 5) is 14.2. The van der Waals surface area contributed by atoms with Gasteiger partial charge in [-0.05, 0) is 80.6 Å². The van der Waals surface area contributed by atoms with Gasteiger partial charge in [0, 0.05) is 50.6 Å². The van der Waals surface area contributed by atoms with E-state index in [-0.39, 0.29) is 17.6 Å². The van der Waals surface area contributed by atoms with Crippen molar-refractivity contribution in [1.29, 1.82) is 0 Å². The third kappa shape index (κ3) is 4.47. The van der Waals surface area contributed by atoms with Gasteiger partial charge in [0.2, 0.25) is 0 Å². The smallest absolute Gasteiger partial charge is 0.143 e. The molecule has 5 heteroatoms. The molecular weight excluding hydrogens is 630 g/mol. The number of benzene rings is 5. The number of pyridine rings is 3. The van der Waals surface area contributed by atoms with Gasteiger partial charge in [-0.25, -0.2) is 4.98 Å². The van der Waals surface area contributed by atoms with Gasteiger partial charge in [-0.1, -0.05) is 90.9 Å². The van der Waals surface area contributed by atoms with E-state index < -0.39 is 18.1 Å². The zero-order valence-electron chi connectivity index (χ0n) is 29.1. The van der Waals surface area contributed by atoms with Crippen molar-refractivity contribution in [2.24, 2.45) is 0 Å². The SMILES string of the molecule is [2H]c1c([2H])c([2H])c(-c2ccc(-c3ccccc3)c3c2oc2cc(-c4cc(-c5cnc6c(ccc7cccnc76)c5)cc(Br)n4)ccc23)c([2H])c1[2H]. The predicted molar refractivity (Wildman–Crippen MR) is 192 cm³/mol. The van der Waals surface area contributed by atoms with Crippen LogP contribution in [0.3, 0.4) is 0 Å². The van der Waals surface area contributed by atoms with Gasteiger partial charge in [-0.3, -0.25) is 9.97 Å². The molecule has 4 aromatic heterocycles. The number of hydrogen-bond donors (Lipinski definition) is 0. The quantitative estimate of drug-likeness (QED) is 0.139. The number of fused-ring (bicyclic) bond motifs is 6. The van der Waals surface area contributed by atoms with E-state index in [9.17, 15) is 0 Å². The number of rotatable bonds is 4. The van der Waals surface area contributed by atoms with Crippen LogP contribution < -0.4 is 0 Å². The molecule has 46 heavy (non-hydrogen) atoms. The maximum Gasteiger partial charge on any atom is 0.143 e. The average molecular weight is 660 g/mol. The Hall–Kier alpha value is -5.65. The second kappa shape index (κ2) is 10.8. The predicted octanol–water partition coefficient (Wildman–Crippen LogP) is 11.5. The summed E-state index contributed by atoms with van der Waals surface area (Å²) in [7, 11) is 0. The lowest BCUT2D eigenvalue weighted by molar-refractivity contribution is 0.670. The minimum Gasteiger partial charge on any atom is -0.455 e. The highest BCUT2D eigenvalue weighted by Crippen LogP contribution is 2.43. The molecule has 216 valence electrons. The Morgan fingerprint density at radius 2 is 1.43 bits per heavy atom. The molecule has 0 saturated carbocycles. The van der Waals surface area contributed by atoms with Crippen LogP contribution in [0.1, 0.15) is 6.85 Å². The molecule has 9 aromatic rings. The molecule has 0 unspecified atom stereocenters. The largest absolute Gasteiger partial charge is 0.455 e. The standard InChI is InChI=1S/C41H24BrN3O/c42-37-23-30(31-20-29-14-13-27-12-7-19-43-39(27)40(29)44-24-31)21-35(45-37)28-15-16-34-36(22-28)46-41-33(26-10-5-2-6-11-26)18-17-32(38(34)41)25-8-3-1-4-9-25/h1-24H/i2D,5D,6D,10D,11D. The van der Waals surface area contributed by atoms with E-state index in [0.29, 0.717) is 21.3 Å². The van der Waals surface area contributed by atoms with Crippen molar-refractivity contribution < 1.29 is 11.3 Å². The second-order valence-corrected chi connectivity index (χ2v) is 11.9. The summed E-state index contributed by atoms with van der Waals surface area (Å²) in [5.74, 6) is 0. The zero-order valence-corrected chi connectivity index (χ0v) is 25.7. The summed E-state index contributed by atoms with van der Waals surface area (Å²) in [6, 6.07) is 31.9. The van der Waals surface area contributed by atoms with E-state index in [1.807, 2.05) is 85.1 Å². The summed E-state index contributed by atoms with van der Waals surface area (Å²) in [6.45, 7) is 0. The van der Waals surface area contributed by atoms with E-state index in [4.69, 9.17) is 21.2 Å². The Morgan fingerprint density at radius 3 is 2.33 bits per heavy atom. The van der Waals surface area contributed by atoms with Gasteiger partial charge in [0.1, 0.15) is 15.8 Å². The van der Waals surface area contributed by atoms with Crippen LogP contribution in [0, 0.1) is 0 Å². The summed E-state index contributed by atoms with van der Waals surface area (Å²) in [5, 5.41) is 3.65. The molecule has 0 fully saturated rings. The molecule has 0 saturated heterocycles. The maximum absolute atomic E-state index is 8.70. The molecule has 0 bridgehead atoms. The summed E-state index contributed by atoms with van der Waals surface area (Å²) in [6.07, 6.45) is 3.64. The third-order valence-corrected chi connectivity index (χ3v) is 8.73. The van der Waals surface area contributed by atoms with E-state index in [1.165, 1.54) is 0 Å². The van der Waals surface area contributed by atoms with E-state index in [1.54, 1.807) is 12.3 Å². The average Bonchev–Trinajstić information content (AvgIpc) is 3.55. The highest BCUT2D eigenvalue weighted by atomic mass is 79.9. The maximum atomic E-state index is 8.70. The molecule has 0 atom stereocenters. The Bertz CT molecular complexity index is 2870. The second-order valence-electron chi connectivity index (χ2n) is 11.0. The van der Waals surface area contributed by atoms with Crippen molar-refractivity contribution in [3.8, 4) is 44.6 Å². The van der Waals surface area contributed by atoms with Gasteiger partial charge in [0.05, 0.1) is 23.6 Å². The van der Waals surface area contributed by atoms with Crippen LogP contribution in [0.15, 0.2) is 155 Å². The van der Waals surface area contributed by atoms with Gasteiger partial charge in [0.15, 0.2) is 0 Å². The van der Waals surface area contributed by atoms with Crippen LogP contribution in [0.2, 0.25) is 0 Å². The molecule has 4 nitrogen and oxygen atoms in total. The van der Waals surface area contributed by atoms with E-state index in [2.05, 4.69) is 39.1 Å². The normalized spacial score (nSPS) is 13.1. The van der Waals surface area contributed by atoms with Crippen molar-refractivity contribution in [3.05, 3.63) is 150 Å². The van der Waals surface area contributed by atoms with Crippen LogP contribution in [-0.4, -0.2) is 15.0 Å². The van der Waals surface area contributed by atoms with E-state index >= 15 is 0 Å². The lowest BCUT2D eigenvalue weighted by atomic mass is 9.94. The molecular formula is C41H24BrN3O. The number of halogens is 1. The number of furan rings is 1. The van der Waals surface area contributed by atoms with Crippen LogP contribution in [-0.2, 0) is 0 Å². The van der Waals surface area contributed by atoms with Crippen molar-refractivity contribution in [1.82, 2.24) is 15.0 Å². The highest BCUT2D eigenvalue weighted by molar-refractivity contribution is 9.10. The minimum absolute atomic E-state index is 0.0935. The van der Waals surface area contributed by atoms with Crippen molar-refractivity contribution >= 4 is 59.7 Å². The molecule has 0 aliphatic heterocycles. The van der Waals surface area contributed by atoms with Gasteiger partial charge < -0.3 is 4.42 Å². The van der Waals surface area contributed by atoms with Crippen molar-refractivity contribution in [2.75, 3.05) is 0 Å². The van der Waals surface area contributed by atoms with Gasteiger partial charge >= 0.3 is 0 Å². The lowest BCUT2D eigenvalue weighted by Crippen LogP contribution is -1.90. The molecule has 9 rings (SSSR count). The van der Waals surface area contributed by atoms with Gasteiger partial charge in [-0.2, -0.15) is 0 Å². The topological polar surface area (TPSA) is 51.8 Å². The number of aromatic nitrogens is 3. The third-order valence-electron chi connectivity index (χ3n) is 8.32. The first kappa shape index (κ1) is 22.0. The number of hydrogen-bond acceptors (Lipinski definition) is 4. The fourth-order valence-electron chi connectivity index (χ4n) is 6.18. The Morgan fingerprint density at radius 1 is 0.609 bits per heavy atom. The zero-order chi connectivity index (χ0) is 35.0. The van der Waals surface area contributed by atoms with Crippen LogP contribution in [0.5, 0.6) is 0 Å². The van der Waals surface area contributed by atoms with E-state index in [0.717, 1.165) is 66.1 Å². The molecule has 4 heterocycles. The Labute approximate surface area is 280 Å². The van der Waals surface area contributed by atoms with Crippen LogP contribution in [0.4, 0.5) is 0 Å². The molecule has 0 radical (unpaired) electrons. The number of nitrogens with zero attached hydrogens (tertiary/aromatic N) is 3. The molecule has 0 aliphatic carbocycles. The summed E-state index contributed by atoms with van der Waals surface area (Å²) < 4.78 is 49.4. The van der Waals surface area contributed by atoms with Crippen molar-refractivity contribution in [2.45, 2.75) is 0 Å². The minimum atomic E-state index is -0.439. The first-order chi connectivity index (χ1) is 24.8. The summed E-state index contributed by atoms with van der Waals surface area (Å²) >= 11 is 3.62. The summed E-state index contributed by atoms with van der Waals surface area (Å²) in [5.41, 5.74) is 8.52. The first-order valence-electron chi connectivity index (χ1n) is 17.2. The highest BCUT2D eigenvalue weighted by Gasteiger charge is 2.18. The monoisotopic (exact) mass is 658 g/mol. The lowest BCUT2D eigenvalue weighted by Gasteiger charge is -2.09. The molecule has 0 amide bonds. The Balaban J connectivity index is 1.22. The van der Waals surface area contributed by atoms with Crippen LogP contribution >= 0.6 is 15.9 Å². The Kier molecular flexibility index (Phi) is 5.13. The van der Waals surface area contributed by atoms with Gasteiger partial charge in [-0.15, -0.1) is 0 Å². The molecule has 0 aliphatic rings. The van der Waals surface area contributed by atoms with Gasteiger partial charge in [0.25, 0.3) is 0 Å². The molecule has 0 spiro atoms. The van der Waals surface area contributed by atoms with Crippen LogP contribution in [0.25, 0.3) is 88.4 Å².